The number of nitrogens with one attached hydrogen (secondary N) is 2. The lowest BCUT2D eigenvalue weighted by Gasteiger charge is -2.29. The summed E-state index contributed by atoms with van der Waals surface area (Å²) >= 11 is 0. The molecule has 1 saturated carbocycles. The van der Waals surface area contributed by atoms with Crippen molar-refractivity contribution in [3.05, 3.63) is 54.5 Å². The SMILES string of the molecule is C[C@H](N[P@](=O)(OC[C@@]1(C#N)O[C@@H](c2ccc3c(NC(=O)OC(C)(C)C)ncnn23)[C@@H]2OC(=O)O[C@@H]21)Oc1ccccc1)C(=O)OC1CCCCC1. The van der Waals surface area contributed by atoms with Crippen LogP contribution in [0.25, 0.3) is 5.52 Å². The number of nitriles is 1. The molecule has 17 nitrogen and oxygen atoms in total. The van der Waals surface area contributed by atoms with Crippen molar-refractivity contribution < 1.29 is 51.7 Å². The molecule has 272 valence electrons. The number of rotatable bonds is 11. The highest BCUT2D eigenvalue weighted by Crippen LogP contribution is 2.51. The monoisotopic (exact) mass is 726 g/mol. The van der Waals surface area contributed by atoms with E-state index in [1.165, 1.54) is 17.8 Å². The summed E-state index contributed by atoms with van der Waals surface area (Å²) in [6.45, 7) is 5.87. The van der Waals surface area contributed by atoms with Gasteiger partial charge in [0.25, 0.3) is 0 Å². The Kier molecular flexibility index (Phi) is 10.2. The summed E-state index contributed by atoms with van der Waals surface area (Å²) in [4.78, 5) is 42.1. The number of amides is 1. The average molecular weight is 727 g/mol. The highest BCUT2D eigenvalue weighted by atomic mass is 31.2. The maximum Gasteiger partial charge on any atom is 0.509 e. The summed E-state index contributed by atoms with van der Waals surface area (Å²) in [7, 11) is -4.46. The Morgan fingerprint density at radius 2 is 1.88 bits per heavy atom. The molecule has 0 unspecified atom stereocenters. The van der Waals surface area contributed by atoms with Crippen molar-refractivity contribution in [3.63, 3.8) is 0 Å². The number of aromatic nitrogens is 3. The molecule has 2 aliphatic heterocycles. The molecule has 1 aliphatic carbocycles. The molecular weight excluding hydrogens is 687 g/mol. The second kappa shape index (κ2) is 14.5. The first kappa shape index (κ1) is 36.1. The molecule has 2 N–H and O–H groups in total. The van der Waals surface area contributed by atoms with E-state index < -0.39 is 68.1 Å². The lowest BCUT2D eigenvalue weighted by Crippen LogP contribution is -2.46. The van der Waals surface area contributed by atoms with Crippen LogP contribution in [0, 0.1) is 11.3 Å². The predicted octanol–water partition coefficient (Wildman–Crippen LogP) is 5.37. The number of hydrogen-bond donors (Lipinski definition) is 2. The molecule has 0 spiro atoms. The van der Waals surface area contributed by atoms with Gasteiger partial charge in [-0.2, -0.15) is 15.4 Å². The van der Waals surface area contributed by atoms with Gasteiger partial charge in [0, 0.05) is 0 Å². The molecule has 6 atom stereocenters. The lowest BCUT2D eigenvalue weighted by atomic mass is 9.96. The minimum atomic E-state index is -4.46. The smallest absolute Gasteiger partial charge is 0.461 e. The van der Waals surface area contributed by atoms with Gasteiger partial charge in [-0.25, -0.2) is 23.7 Å². The van der Waals surface area contributed by atoms with Gasteiger partial charge in [0.05, 0.1) is 5.69 Å². The summed E-state index contributed by atoms with van der Waals surface area (Å²) < 4.78 is 55.5. The lowest BCUT2D eigenvalue weighted by molar-refractivity contribution is -0.152. The second-order valence-corrected chi connectivity index (χ2v) is 15.1. The van der Waals surface area contributed by atoms with Crippen molar-refractivity contribution in [2.24, 2.45) is 0 Å². The molecule has 3 fully saturated rings. The van der Waals surface area contributed by atoms with Gasteiger partial charge in [-0.05, 0) is 77.6 Å². The van der Waals surface area contributed by atoms with E-state index in [1.807, 2.05) is 6.07 Å². The summed E-state index contributed by atoms with van der Waals surface area (Å²) in [6.07, 6.45) is -0.0597. The fourth-order valence-electron chi connectivity index (χ4n) is 6.08. The third-order valence-electron chi connectivity index (χ3n) is 8.39. The Morgan fingerprint density at radius 3 is 2.59 bits per heavy atom. The Hall–Kier alpha value is -4.75. The first-order chi connectivity index (χ1) is 24.3. The molecule has 3 aliphatic rings. The van der Waals surface area contributed by atoms with Crippen LogP contribution in [0.5, 0.6) is 5.75 Å². The minimum Gasteiger partial charge on any atom is -0.461 e. The Balaban J connectivity index is 1.24. The van der Waals surface area contributed by atoms with Crippen LogP contribution >= 0.6 is 7.75 Å². The quantitative estimate of drug-likeness (QED) is 0.144. The summed E-state index contributed by atoms with van der Waals surface area (Å²) in [5, 5.41) is 20.0. The number of esters is 1. The van der Waals surface area contributed by atoms with Crippen LogP contribution in [0.2, 0.25) is 0 Å². The van der Waals surface area contributed by atoms with Crippen molar-refractivity contribution >= 4 is 37.3 Å². The third kappa shape index (κ3) is 8.10. The van der Waals surface area contributed by atoms with E-state index in [0.29, 0.717) is 11.2 Å². The zero-order chi connectivity index (χ0) is 36.4. The van der Waals surface area contributed by atoms with Crippen LogP contribution in [-0.4, -0.2) is 75.0 Å². The predicted molar refractivity (Wildman–Crippen MR) is 176 cm³/mol. The molecule has 4 heterocycles. The van der Waals surface area contributed by atoms with Crippen LogP contribution in [0.1, 0.15) is 71.6 Å². The second-order valence-electron chi connectivity index (χ2n) is 13.4. The third-order valence-corrected chi connectivity index (χ3v) is 10.0. The van der Waals surface area contributed by atoms with Crippen LogP contribution in [0.3, 0.4) is 0 Å². The zero-order valence-electron chi connectivity index (χ0n) is 28.5. The molecule has 1 aromatic carbocycles. The van der Waals surface area contributed by atoms with Crippen molar-refractivity contribution in [1.29, 1.82) is 5.26 Å². The maximum atomic E-state index is 14.3. The number of benzene rings is 1. The molecule has 0 radical (unpaired) electrons. The van der Waals surface area contributed by atoms with E-state index in [9.17, 15) is 24.2 Å². The van der Waals surface area contributed by atoms with Gasteiger partial charge >= 0.3 is 26.0 Å². The average Bonchev–Trinajstić information content (AvgIpc) is 3.77. The number of carbonyl (C=O) groups excluding carboxylic acids is 3. The molecule has 51 heavy (non-hydrogen) atoms. The first-order valence-electron chi connectivity index (χ1n) is 16.5. The maximum absolute atomic E-state index is 14.3. The normalized spacial score (nSPS) is 25.1. The van der Waals surface area contributed by atoms with Gasteiger partial charge in [-0.1, -0.05) is 24.6 Å². The summed E-state index contributed by atoms with van der Waals surface area (Å²) in [5.74, 6) is -0.368. The standard InChI is InChI=1S/C33H39N6O11P/c1-20(29(40)45-21-11-7-5-8-12-21)38-51(43,50-22-13-9-6-10-14-22)44-18-33(17-34)27-26(46-31(42)47-27)25(48-33)23-15-16-24-28(35-19-36-39(23)24)37-30(41)49-32(2,3)4/h6,9-10,13-16,19-21,25-27H,5,7-8,11-12,18H2,1-4H3,(H,38,43)(H,35,36,37,41)/t20-,25-,26-,27-,33+,51-/m0/s1. The van der Waals surface area contributed by atoms with Crippen LogP contribution < -0.4 is 14.9 Å². The Bertz CT molecular complexity index is 1850. The van der Waals surface area contributed by atoms with Gasteiger partial charge in [0.15, 0.2) is 18.0 Å². The van der Waals surface area contributed by atoms with Gasteiger partial charge in [-0.15, -0.1) is 0 Å². The fourth-order valence-corrected chi connectivity index (χ4v) is 7.60. The molecule has 2 aromatic heterocycles. The number of nitrogens with zero attached hydrogens (tertiary/aromatic N) is 4. The van der Waals surface area contributed by atoms with Crippen molar-refractivity contribution in [2.75, 3.05) is 11.9 Å². The first-order valence-corrected chi connectivity index (χ1v) is 18.1. The number of carbonyl (C=O) groups is 3. The van der Waals surface area contributed by atoms with Gasteiger partial charge < -0.3 is 28.2 Å². The van der Waals surface area contributed by atoms with Gasteiger partial charge in [-0.3, -0.25) is 14.6 Å². The number of para-hydroxylation sites is 1. The number of hydrogen-bond acceptors (Lipinski definition) is 14. The van der Waals surface area contributed by atoms with Crippen LogP contribution in [0.15, 0.2) is 48.8 Å². The van der Waals surface area contributed by atoms with E-state index in [0.717, 1.165) is 32.1 Å². The molecule has 1 amide bonds. The van der Waals surface area contributed by atoms with Gasteiger partial charge in [0.1, 0.15) is 54.1 Å². The van der Waals surface area contributed by atoms with E-state index in [-0.39, 0.29) is 17.7 Å². The fraction of sp³-hybridized carbons (Fsp3) is 0.515. The number of ether oxygens (including phenoxy) is 5. The molecule has 3 aromatic rings. The van der Waals surface area contributed by atoms with Crippen molar-refractivity contribution in [1.82, 2.24) is 19.7 Å². The largest absolute Gasteiger partial charge is 0.509 e. The molecule has 6 rings (SSSR count). The number of fused-ring (bicyclic) bond motifs is 2. The summed E-state index contributed by atoms with van der Waals surface area (Å²) in [6, 6.07) is 12.2. The highest BCUT2D eigenvalue weighted by Gasteiger charge is 2.65. The topological polar surface area (TPSA) is 211 Å². The highest BCUT2D eigenvalue weighted by molar-refractivity contribution is 7.52. The number of anilines is 1. The molecular formula is C33H39N6O11P. The van der Waals surface area contributed by atoms with Crippen LogP contribution in [-0.2, 0) is 37.6 Å². The van der Waals surface area contributed by atoms with E-state index in [2.05, 4.69) is 20.5 Å². The van der Waals surface area contributed by atoms with E-state index in [1.54, 1.807) is 63.2 Å². The van der Waals surface area contributed by atoms with Gasteiger partial charge in [0.2, 0.25) is 5.60 Å². The van der Waals surface area contributed by atoms with Crippen LogP contribution in [0.4, 0.5) is 15.4 Å². The van der Waals surface area contributed by atoms with E-state index >= 15 is 0 Å². The molecule has 0 bridgehead atoms. The molecule has 2 saturated heterocycles. The minimum absolute atomic E-state index is 0.121. The Labute approximate surface area is 293 Å². The zero-order valence-corrected chi connectivity index (χ0v) is 29.4. The Morgan fingerprint density at radius 1 is 1.14 bits per heavy atom. The van der Waals surface area contributed by atoms with E-state index in [4.69, 9.17) is 32.7 Å². The molecule has 18 heteroatoms. The van der Waals surface area contributed by atoms with Crippen molar-refractivity contribution in [2.45, 2.75) is 101 Å². The van der Waals surface area contributed by atoms with Crippen molar-refractivity contribution in [3.8, 4) is 11.8 Å². The summed E-state index contributed by atoms with van der Waals surface area (Å²) in [5.41, 5.74) is -2.18.